The lowest BCUT2D eigenvalue weighted by atomic mass is 10.1. The minimum absolute atomic E-state index is 0.0470. The molecule has 2 aromatic rings. The SMILES string of the molecule is C[C@@]1(COc2ccc(N3CCC(Oc4ccc(OC(F)(F)F)cc4)CC3)cc2)OC(=O)NC1=O. The third-order valence-electron chi connectivity index (χ3n) is 5.53. The molecule has 0 aliphatic carbocycles. The van der Waals surface area contributed by atoms with Crippen molar-refractivity contribution in [3.63, 3.8) is 0 Å². The molecule has 2 fully saturated rings. The van der Waals surface area contributed by atoms with Gasteiger partial charge in [-0.2, -0.15) is 0 Å². The maximum Gasteiger partial charge on any atom is 0.573 e. The number of rotatable bonds is 7. The van der Waals surface area contributed by atoms with E-state index in [1.807, 2.05) is 12.1 Å². The van der Waals surface area contributed by atoms with E-state index in [2.05, 4.69) is 15.0 Å². The van der Waals surface area contributed by atoms with E-state index < -0.39 is 24.0 Å². The van der Waals surface area contributed by atoms with Crippen molar-refractivity contribution >= 4 is 17.7 Å². The minimum atomic E-state index is -4.72. The van der Waals surface area contributed by atoms with Crippen LogP contribution in [0.5, 0.6) is 17.2 Å². The Labute approximate surface area is 193 Å². The van der Waals surface area contributed by atoms with Crippen LogP contribution in [0.3, 0.4) is 0 Å². The van der Waals surface area contributed by atoms with Crippen molar-refractivity contribution in [3.05, 3.63) is 48.5 Å². The molecule has 0 radical (unpaired) electrons. The highest BCUT2D eigenvalue weighted by Crippen LogP contribution is 2.28. The standard InChI is InChI=1S/C23H23F3N2O6/c1-22(20(29)27-21(30)34-22)14-31-16-4-2-15(3-5-16)28-12-10-18(11-13-28)32-17-6-8-19(9-7-17)33-23(24,25)26/h2-9,18H,10-14H2,1H3,(H,27,29,30)/t22-/m0/s1. The molecule has 0 unspecified atom stereocenters. The summed E-state index contributed by atoms with van der Waals surface area (Å²) in [5.74, 6) is 0.204. The second-order valence-corrected chi connectivity index (χ2v) is 8.18. The van der Waals surface area contributed by atoms with Gasteiger partial charge >= 0.3 is 12.5 Å². The lowest BCUT2D eigenvalue weighted by Crippen LogP contribution is -2.41. The van der Waals surface area contributed by atoms with Crippen LogP contribution in [-0.4, -0.2) is 49.8 Å². The first kappa shape index (κ1) is 23.5. The zero-order valence-electron chi connectivity index (χ0n) is 18.3. The van der Waals surface area contributed by atoms with Gasteiger partial charge in [0, 0.05) is 31.6 Å². The fourth-order valence-corrected chi connectivity index (χ4v) is 3.71. The Balaban J connectivity index is 1.24. The molecule has 2 heterocycles. The largest absolute Gasteiger partial charge is 0.573 e. The highest BCUT2D eigenvalue weighted by molar-refractivity contribution is 6.02. The van der Waals surface area contributed by atoms with Crippen LogP contribution in [0.1, 0.15) is 19.8 Å². The maximum atomic E-state index is 12.3. The summed E-state index contributed by atoms with van der Waals surface area (Å²) in [5.41, 5.74) is -0.362. The number of hydrogen-bond acceptors (Lipinski definition) is 7. The third-order valence-corrected chi connectivity index (χ3v) is 5.53. The Morgan fingerprint density at radius 1 is 1.00 bits per heavy atom. The molecule has 4 rings (SSSR count). The first-order valence-corrected chi connectivity index (χ1v) is 10.6. The monoisotopic (exact) mass is 480 g/mol. The number of ether oxygens (including phenoxy) is 4. The molecular formula is C23H23F3N2O6. The van der Waals surface area contributed by atoms with Crippen molar-refractivity contribution < 1.29 is 41.7 Å². The van der Waals surface area contributed by atoms with Crippen molar-refractivity contribution in [2.45, 2.75) is 37.8 Å². The van der Waals surface area contributed by atoms with E-state index in [4.69, 9.17) is 14.2 Å². The molecule has 0 spiro atoms. The average molecular weight is 480 g/mol. The number of nitrogens with one attached hydrogen (secondary N) is 1. The van der Waals surface area contributed by atoms with Crippen molar-refractivity contribution in [2.24, 2.45) is 0 Å². The minimum Gasteiger partial charge on any atom is -0.490 e. The molecule has 0 aromatic heterocycles. The topological polar surface area (TPSA) is 86.3 Å². The molecule has 2 amide bonds. The van der Waals surface area contributed by atoms with Gasteiger partial charge in [0.2, 0.25) is 5.60 Å². The molecule has 0 saturated carbocycles. The normalized spacial score (nSPS) is 21.1. The molecule has 2 aliphatic rings. The predicted octanol–water partition coefficient (Wildman–Crippen LogP) is 4.04. The lowest BCUT2D eigenvalue weighted by molar-refractivity contribution is -0.274. The zero-order chi connectivity index (χ0) is 24.3. The van der Waals surface area contributed by atoms with Crippen LogP contribution in [-0.2, 0) is 9.53 Å². The van der Waals surface area contributed by atoms with Crippen LogP contribution in [0, 0.1) is 0 Å². The molecule has 11 heteroatoms. The smallest absolute Gasteiger partial charge is 0.490 e. The summed E-state index contributed by atoms with van der Waals surface area (Å²) in [6.45, 7) is 2.87. The summed E-state index contributed by atoms with van der Waals surface area (Å²) < 4.78 is 57.2. The van der Waals surface area contributed by atoms with Crippen molar-refractivity contribution in [1.82, 2.24) is 5.32 Å². The molecule has 2 aromatic carbocycles. The molecule has 182 valence electrons. The molecule has 2 saturated heterocycles. The van der Waals surface area contributed by atoms with E-state index in [1.165, 1.54) is 31.2 Å². The van der Waals surface area contributed by atoms with E-state index in [0.717, 1.165) is 31.6 Å². The Hall–Kier alpha value is -3.63. The Bertz CT molecular complexity index is 1020. The van der Waals surface area contributed by atoms with Crippen molar-refractivity contribution in [2.75, 3.05) is 24.6 Å². The van der Waals surface area contributed by atoms with E-state index in [9.17, 15) is 22.8 Å². The summed E-state index contributed by atoms with van der Waals surface area (Å²) >= 11 is 0. The van der Waals surface area contributed by atoms with Crippen LogP contribution in [0.4, 0.5) is 23.7 Å². The quantitative estimate of drug-likeness (QED) is 0.640. The molecule has 34 heavy (non-hydrogen) atoms. The molecular weight excluding hydrogens is 457 g/mol. The number of alkyl halides is 3. The number of halogens is 3. The number of nitrogens with zero attached hydrogens (tertiary/aromatic N) is 1. The fourth-order valence-electron chi connectivity index (χ4n) is 3.71. The summed E-state index contributed by atoms with van der Waals surface area (Å²) in [6, 6.07) is 12.7. The van der Waals surface area contributed by atoms with Crippen LogP contribution in [0.25, 0.3) is 0 Å². The van der Waals surface area contributed by atoms with Gasteiger partial charge in [0.15, 0.2) is 0 Å². The fraction of sp³-hybridized carbons (Fsp3) is 0.391. The van der Waals surface area contributed by atoms with Crippen LogP contribution >= 0.6 is 0 Å². The number of amides is 2. The summed E-state index contributed by atoms with van der Waals surface area (Å²) in [4.78, 5) is 25.2. The van der Waals surface area contributed by atoms with E-state index in [-0.39, 0.29) is 18.5 Å². The highest BCUT2D eigenvalue weighted by Gasteiger charge is 2.45. The van der Waals surface area contributed by atoms with Crippen molar-refractivity contribution in [3.8, 4) is 17.2 Å². The van der Waals surface area contributed by atoms with Crippen LogP contribution in [0.2, 0.25) is 0 Å². The summed E-state index contributed by atoms with van der Waals surface area (Å²) in [7, 11) is 0. The number of imide groups is 1. The number of carbonyl (C=O) groups is 2. The third kappa shape index (κ3) is 5.83. The number of cyclic esters (lactones) is 1. The number of hydrogen-bond donors (Lipinski definition) is 1. The van der Waals surface area contributed by atoms with Gasteiger partial charge < -0.3 is 23.8 Å². The van der Waals surface area contributed by atoms with Gasteiger partial charge in [-0.05, 0) is 55.5 Å². The zero-order valence-corrected chi connectivity index (χ0v) is 18.3. The maximum absolute atomic E-state index is 12.3. The number of alkyl carbamates (subject to hydrolysis) is 1. The van der Waals surface area contributed by atoms with Gasteiger partial charge in [0.1, 0.15) is 30.0 Å². The van der Waals surface area contributed by atoms with Gasteiger partial charge in [0.25, 0.3) is 5.91 Å². The number of carbonyl (C=O) groups excluding carboxylic acids is 2. The Kier molecular flexibility index (Phi) is 6.45. The molecule has 1 atom stereocenters. The first-order valence-electron chi connectivity index (χ1n) is 10.6. The molecule has 1 N–H and O–H groups in total. The van der Waals surface area contributed by atoms with Gasteiger partial charge in [-0.25, -0.2) is 4.79 Å². The Morgan fingerprint density at radius 2 is 1.59 bits per heavy atom. The van der Waals surface area contributed by atoms with Gasteiger partial charge in [-0.1, -0.05) is 0 Å². The second-order valence-electron chi connectivity index (χ2n) is 8.18. The van der Waals surface area contributed by atoms with E-state index in [0.29, 0.717) is 11.5 Å². The number of anilines is 1. The predicted molar refractivity (Wildman–Crippen MR) is 114 cm³/mol. The van der Waals surface area contributed by atoms with Crippen molar-refractivity contribution in [1.29, 1.82) is 0 Å². The van der Waals surface area contributed by atoms with Crippen LogP contribution in [0.15, 0.2) is 48.5 Å². The van der Waals surface area contributed by atoms with Gasteiger partial charge in [0.05, 0.1) is 0 Å². The number of piperidine rings is 1. The molecule has 2 aliphatic heterocycles. The molecule has 0 bridgehead atoms. The van der Waals surface area contributed by atoms with E-state index >= 15 is 0 Å². The summed E-state index contributed by atoms with van der Waals surface area (Å²) in [5, 5.41) is 2.08. The van der Waals surface area contributed by atoms with Gasteiger partial charge in [-0.3, -0.25) is 10.1 Å². The highest BCUT2D eigenvalue weighted by atomic mass is 19.4. The first-order chi connectivity index (χ1) is 16.1. The van der Waals surface area contributed by atoms with Crippen LogP contribution < -0.4 is 24.4 Å². The number of benzene rings is 2. The van der Waals surface area contributed by atoms with E-state index in [1.54, 1.807) is 12.1 Å². The van der Waals surface area contributed by atoms with Gasteiger partial charge in [-0.15, -0.1) is 13.2 Å². The summed E-state index contributed by atoms with van der Waals surface area (Å²) in [6.07, 6.45) is -4.06. The second kappa shape index (κ2) is 9.32. The average Bonchev–Trinajstić information content (AvgIpc) is 3.05. The molecule has 8 nitrogen and oxygen atoms in total. The Morgan fingerprint density at radius 3 is 2.15 bits per heavy atom. The lowest BCUT2D eigenvalue weighted by Gasteiger charge is -2.33.